The Balaban J connectivity index is 2.05. The third kappa shape index (κ3) is 3.95. The molecule has 0 aromatic heterocycles. The third-order valence-corrected chi connectivity index (χ3v) is 5.13. The first-order chi connectivity index (χ1) is 9.92. The monoisotopic (exact) mass is 327 g/mol. The van der Waals surface area contributed by atoms with E-state index >= 15 is 0 Å². The summed E-state index contributed by atoms with van der Waals surface area (Å²) in [6.07, 6.45) is 0. The summed E-state index contributed by atoms with van der Waals surface area (Å²) < 4.78 is 36.7. The minimum absolute atomic E-state index is 0.0732. The molecule has 0 aliphatic carbocycles. The van der Waals surface area contributed by atoms with Crippen molar-refractivity contribution < 1.29 is 12.8 Å². The zero-order valence-corrected chi connectivity index (χ0v) is 13.0. The van der Waals surface area contributed by atoms with Gasteiger partial charge in [-0.1, -0.05) is 24.6 Å². The second-order valence-electron chi connectivity index (χ2n) is 4.53. The van der Waals surface area contributed by atoms with Crippen molar-refractivity contribution in [2.45, 2.75) is 18.4 Å². The van der Waals surface area contributed by atoms with Crippen LogP contribution in [0.5, 0.6) is 0 Å². The van der Waals surface area contributed by atoms with Crippen LogP contribution in [0.2, 0.25) is 5.02 Å². The zero-order chi connectivity index (χ0) is 15.5. The van der Waals surface area contributed by atoms with E-state index in [2.05, 4.69) is 5.32 Å². The summed E-state index contributed by atoms with van der Waals surface area (Å²) in [5.74, 6) is -0.385. The van der Waals surface area contributed by atoms with Crippen molar-refractivity contribution >= 4 is 27.1 Å². The van der Waals surface area contributed by atoms with Crippen LogP contribution >= 0.6 is 11.6 Å². The molecule has 3 nitrogen and oxygen atoms in total. The normalized spacial score (nSPS) is 11.4. The largest absolute Gasteiger partial charge is 0.381 e. The van der Waals surface area contributed by atoms with E-state index in [1.54, 1.807) is 37.3 Å². The van der Waals surface area contributed by atoms with E-state index in [0.29, 0.717) is 11.4 Å². The third-order valence-electron chi connectivity index (χ3n) is 3.07. The van der Waals surface area contributed by atoms with Crippen LogP contribution in [0.25, 0.3) is 0 Å². The molecule has 2 rings (SSSR count). The van der Waals surface area contributed by atoms with Crippen LogP contribution in [0.15, 0.2) is 47.4 Å². The summed E-state index contributed by atoms with van der Waals surface area (Å²) in [7, 11) is -3.18. The van der Waals surface area contributed by atoms with Gasteiger partial charge in [-0.15, -0.1) is 0 Å². The van der Waals surface area contributed by atoms with Gasteiger partial charge in [0.15, 0.2) is 9.84 Å². The zero-order valence-electron chi connectivity index (χ0n) is 11.4. The van der Waals surface area contributed by atoms with Crippen molar-refractivity contribution in [1.82, 2.24) is 0 Å². The molecule has 1 N–H and O–H groups in total. The molecule has 0 saturated heterocycles. The molecule has 21 heavy (non-hydrogen) atoms. The van der Waals surface area contributed by atoms with Gasteiger partial charge in [-0.05, 0) is 42.0 Å². The van der Waals surface area contributed by atoms with Gasteiger partial charge in [-0.3, -0.25) is 0 Å². The Bertz CT molecular complexity index is 730. The van der Waals surface area contributed by atoms with Gasteiger partial charge in [-0.25, -0.2) is 12.8 Å². The Kier molecular flexibility index (Phi) is 4.85. The molecule has 0 aliphatic heterocycles. The summed E-state index contributed by atoms with van der Waals surface area (Å²) >= 11 is 5.62. The van der Waals surface area contributed by atoms with Gasteiger partial charge < -0.3 is 5.32 Å². The predicted octanol–water partition coefficient (Wildman–Crippen LogP) is 3.88. The smallest absolute Gasteiger partial charge is 0.178 e. The molecule has 112 valence electrons. The molecule has 0 amide bonds. The molecule has 2 aromatic rings. The Labute approximate surface area is 128 Å². The molecule has 2 aromatic carbocycles. The number of nitrogens with one attached hydrogen (secondary N) is 1. The van der Waals surface area contributed by atoms with Crippen molar-refractivity contribution in [2.24, 2.45) is 0 Å². The van der Waals surface area contributed by atoms with Crippen LogP contribution in [-0.2, 0) is 16.4 Å². The molecule has 0 spiro atoms. The van der Waals surface area contributed by atoms with Gasteiger partial charge in [-0.2, -0.15) is 0 Å². The number of halogens is 2. The molecule has 0 saturated carbocycles. The van der Waals surface area contributed by atoms with Crippen LogP contribution in [0, 0.1) is 5.82 Å². The Morgan fingerprint density at radius 2 is 1.81 bits per heavy atom. The number of hydrogen-bond acceptors (Lipinski definition) is 3. The van der Waals surface area contributed by atoms with Gasteiger partial charge in [0.05, 0.1) is 15.7 Å². The van der Waals surface area contributed by atoms with Crippen molar-refractivity contribution in [3.8, 4) is 0 Å². The van der Waals surface area contributed by atoms with Crippen LogP contribution in [0.1, 0.15) is 12.5 Å². The highest BCUT2D eigenvalue weighted by atomic mass is 35.5. The van der Waals surface area contributed by atoms with E-state index in [1.807, 2.05) is 0 Å². The average molecular weight is 328 g/mol. The van der Waals surface area contributed by atoms with E-state index in [9.17, 15) is 12.8 Å². The van der Waals surface area contributed by atoms with Crippen molar-refractivity contribution in [3.05, 3.63) is 58.9 Å². The van der Waals surface area contributed by atoms with Gasteiger partial charge in [0.1, 0.15) is 5.82 Å². The molecular weight excluding hydrogens is 313 g/mol. The number of sulfone groups is 1. The lowest BCUT2D eigenvalue weighted by Gasteiger charge is -2.08. The molecule has 0 atom stereocenters. The fourth-order valence-electron chi connectivity index (χ4n) is 1.80. The minimum atomic E-state index is -3.18. The second kappa shape index (κ2) is 6.45. The van der Waals surface area contributed by atoms with E-state index in [1.165, 1.54) is 12.1 Å². The molecule has 0 heterocycles. The quantitative estimate of drug-likeness (QED) is 0.906. The predicted molar refractivity (Wildman–Crippen MR) is 82.9 cm³/mol. The topological polar surface area (TPSA) is 46.2 Å². The SMILES string of the molecule is CCS(=O)(=O)c1ccc(NCc2ccc(Cl)c(F)c2)cc1. The maximum atomic E-state index is 13.3. The number of anilines is 1. The Morgan fingerprint density at radius 3 is 2.38 bits per heavy atom. The van der Waals surface area contributed by atoms with E-state index < -0.39 is 15.7 Å². The molecule has 0 aliphatic rings. The first kappa shape index (κ1) is 15.8. The summed E-state index contributed by atoms with van der Waals surface area (Å²) in [5.41, 5.74) is 1.52. The lowest BCUT2D eigenvalue weighted by Crippen LogP contribution is -2.04. The number of benzene rings is 2. The fourth-order valence-corrected chi connectivity index (χ4v) is 2.80. The fraction of sp³-hybridized carbons (Fsp3) is 0.200. The summed E-state index contributed by atoms with van der Waals surface area (Å²) in [6.45, 7) is 2.03. The van der Waals surface area contributed by atoms with Gasteiger partial charge in [0.25, 0.3) is 0 Å². The van der Waals surface area contributed by atoms with Crippen LogP contribution in [0.3, 0.4) is 0 Å². The number of hydrogen-bond donors (Lipinski definition) is 1. The van der Waals surface area contributed by atoms with Crippen LogP contribution in [-0.4, -0.2) is 14.2 Å². The van der Waals surface area contributed by atoms with Crippen molar-refractivity contribution in [2.75, 3.05) is 11.1 Å². The summed E-state index contributed by atoms with van der Waals surface area (Å²) in [6, 6.07) is 11.1. The molecule has 0 bridgehead atoms. The lowest BCUT2D eigenvalue weighted by atomic mass is 10.2. The summed E-state index contributed by atoms with van der Waals surface area (Å²) in [5, 5.41) is 3.19. The highest BCUT2D eigenvalue weighted by molar-refractivity contribution is 7.91. The Hall–Kier alpha value is -1.59. The standard InChI is InChI=1S/C15H15ClFNO2S/c1-2-21(19,20)13-6-4-12(5-7-13)18-10-11-3-8-14(16)15(17)9-11/h3-9,18H,2,10H2,1H3. The van der Waals surface area contributed by atoms with Crippen LogP contribution < -0.4 is 5.32 Å². The van der Waals surface area contributed by atoms with E-state index in [0.717, 1.165) is 11.3 Å². The van der Waals surface area contributed by atoms with Crippen molar-refractivity contribution in [1.29, 1.82) is 0 Å². The second-order valence-corrected chi connectivity index (χ2v) is 7.22. The maximum Gasteiger partial charge on any atom is 0.178 e. The molecule has 6 heteroatoms. The molecule has 0 radical (unpaired) electrons. The summed E-state index contributed by atoms with van der Waals surface area (Å²) in [4.78, 5) is 0.299. The van der Waals surface area contributed by atoms with Gasteiger partial charge in [0.2, 0.25) is 0 Å². The minimum Gasteiger partial charge on any atom is -0.381 e. The highest BCUT2D eigenvalue weighted by Gasteiger charge is 2.10. The van der Waals surface area contributed by atoms with Gasteiger partial charge >= 0.3 is 0 Å². The molecule has 0 fully saturated rings. The van der Waals surface area contributed by atoms with Gasteiger partial charge in [0, 0.05) is 12.2 Å². The molecule has 0 unspecified atom stereocenters. The molecular formula is C15H15ClFNO2S. The van der Waals surface area contributed by atoms with E-state index in [4.69, 9.17) is 11.6 Å². The lowest BCUT2D eigenvalue weighted by molar-refractivity contribution is 0.597. The Morgan fingerprint density at radius 1 is 1.14 bits per heavy atom. The first-order valence-electron chi connectivity index (χ1n) is 6.43. The first-order valence-corrected chi connectivity index (χ1v) is 8.46. The van der Waals surface area contributed by atoms with Crippen molar-refractivity contribution in [3.63, 3.8) is 0 Å². The highest BCUT2D eigenvalue weighted by Crippen LogP contribution is 2.18. The van der Waals surface area contributed by atoms with E-state index in [-0.39, 0.29) is 10.8 Å². The maximum absolute atomic E-state index is 13.3. The average Bonchev–Trinajstić information content (AvgIpc) is 2.49. The number of rotatable bonds is 5. The van der Waals surface area contributed by atoms with Crippen LogP contribution in [0.4, 0.5) is 10.1 Å².